The zero-order valence-electron chi connectivity index (χ0n) is 10.2. The quantitative estimate of drug-likeness (QED) is 0.431. The summed E-state index contributed by atoms with van der Waals surface area (Å²) in [7, 11) is 0. The molecule has 0 saturated carbocycles. The Hall–Kier alpha value is -2.16. The monoisotopic (exact) mass is 278 g/mol. The molecular weight excluding hydrogens is 264 g/mol. The molecular formula is C10H14O9. The van der Waals surface area contributed by atoms with E-state index in [-0.39, 0.29) is 0 Å². The van der Waals surface area contributed by atoms with Crippen LogP contribution in [-0.4, -0.2) is 55.5 Å². The first-order valence-corrected chi connectivity index (χ1v) is 5.03. The number of carbonyl (C=O) groups excluding carboxylic acids is 1. The summed E-state index contributed by atoms with van der Waals surface area (Å²) in [5.41, 5.74) is -4.85. The number of ether oxygens (including phenoxy) is 1. The summed E-state index contributed by atoms with van der Waals surface area (Å²) in [6.07, 6.45) is -2.04. The molecule has 0 spiro atoms. The summed E-state index contributed by atoms with van der Waals surface area (Å²) < 4.78 is 4.44. The van der Waals surface area contributed by atoms with E-state index in [9.17, 15) is 24.3 Å². The van der Waals surface area contributed by atoms with Gasteiger partial charge in [-0.1, -0.05) is 0 Å². The fraction of sp³-hybridized carbons (Fsp3) is 0.600. The van der Waals surface area contributed by atoms with Crippen LogP contribution in [-0.2, 0) is 23.9 Å². The van der Waals surface area contributed by atoms with Crippen molar-refractivity contribution in [3.8, 4) is 0 Å². The second-order valence-corrected chi connectivity index (χ2v) is 4.34. The van der Waals surface area contributed by atoms with Crippen molar-refractivity contribution in [3.05, 3.63) is 0 Å². The van der Waals surface area contributed by atoms with Crippen LogP contribution in [0.5, 0.6) is 0 Å². The summed E-state index contributed by atoms with van der Waals surface area (Å²) in [5.74, 6) is -6.29. The molecule has 9 heteroatoms. The van der Waals surface area contributed by atoms with Crippen LogP contribution in [0, 0.1) is 0 Å². The fourth-order valence-corrected chi connectivity index (χ4v) is 1.13. The van der Waals surface area contributed by atoms with E-state index in [0.717, 1.165) is 13.8 Å². The van der Waals surface area contributed by atoms with Gasteiger partial charge in [-0.05, 0) is 13.8 Å². The zero-order valence-corrected chi connectivity index (χ0v) is 10.2. The maximum atomic E-state index is 11.5. The molecule has 0 radical (unpaired) electrons. The predicted octanol–water partition coefficient (Wildman–Crippen LogP) is -0.927. The first-order valence-electron chi connectivity index (χ1n) is 5.03. The van der Waals surface area contributed by atoms with Gasteiger partial charge in [0.15, 0.2) is 5.60 Å². The van der Waals surface area contributed by atoms with Crippen molar-refractivity contribution in [3.63, 3.8) is 0 Å². The minimum atomic E-state index is -2.46. The van der Waals surface area contributed by atoms with Gasteiger partial charge in [0.2, 0.25) is 5.60 Å². The Kier molecular flexibility index (Phi) is 5.01. The maximum Gasteiger partial charge on any atom is 0.348 e. The van der Waals surface area contributed by atoms with Crippen molar-refractivity contribution in [2.24, 2.45) is 0 Å². The second-order valence-electron chi connectivity index (χ2n) is 4.34. The van der Waals surface area contributed by atoms with Crippen LogP contribution in [0.3, 0.4) is 0 Å². The van der Waals surface area contributed by atoms with Gasteiger partial charge in [-0.25, -0.2) is 9.59 Å². The number of esters is 1. The van der Waals surface area contributed by atoms with Gasteiger partial charge in [-0.15, -0.1) is 0 Å². The van der Waals surface area contributed by atoms with Gasteiger partial charge in [0, 0.05) is 0 Å². The highest BCUT2D eigenvalue weighted by atomic mass is 16.6. The number of hydrogen-bond acceptors (Lipinski definition) is 6. The molecule has 4 N–H and O–H groups in total. The molecule has 2 atom stereocenters. The Balaban J connectivity index is 5.06. The standard InChI is InChI=1S/C10H14O9/c1-9(18,3-5(11)12)8(17)19-10(2,7(15)16)4-6(13)14/h18H,3-4H2,1-2H3,(H,11,12)(H,13,14)(H,15,16)/t9-,10+/m0/s1. The van der Waals surface area contributed by atoms with Crippen molar-refractivity contribution in [1.29, 1.82) is 0 Å². The lowest BCUT2D eigenvalue weighted by atomic mass is 9.99. The minimum Gasteiger partial charge on any atom is -0.481 e. The lowest BCUT2D eigenvalue weighted by Gasteiger charge is -2.28. The number of aliphatic hydroxyl groups is 1. The highest BCUT2D eigenvalue weighted by molar-refractivity contribution is 5.90. The SMILES string of the molecule is C[C@](O)(CC(=O)O)C(=O)O[C@](C)(CC(=O)O)C(=O)O. The smallest absolute Gasteiger partial charge is 0.348 e. The van der Waals surface area contributed by atoms with E-state index in [0.29, 0.717) is 0 Å². The van der Waals surface area contributed by atoms with E-state index in [1.54, 1.807) is 0 Å². The number of aliphatic carboxylic acids is 3. The first kappa shape index (κ1) is 16.8. The maximum absolute atomic E-state index is 11.5. The van der Waals surface area contributed by atoms with Gasteiger partial charge >= 0.3 is 23.9 Å². The summed E-state index contributed by atoms with van der Waals surface area (Å²) in [5, 5.41) is 35.4. The highest BCUT2D eigenvalue weighted by Crippen LogP contribution is 2.21. The van der Waals surface area contributed by atoms with Crippen LogP contribution in [0.4, 0.5) is 0 Å². The molecule has 0 amide bonds. The van der Waals surface area contributed by atoms with Crippen LogP contribution >= 0.6 is 0 Å². The van der Waals surface area contributed by atoms with Gasteiger partial charge in [0.05, 0.1) is 12.8 Å². The number of carboxylic acids is 3. The van der Waals surface area contributed by atoms with Gasteiger partial charge in [-0.2, -0.15) is 0 Å². The second kappa shape index (κ2) is 5.65. The number of carboxylic acid groups (broad SMARTS) is 3. The molecule has 0 aromatic rings. The molecule has 108 valence electrons. The molecule has 9 nitrogen and oxygen atoms in total. The normalized spacial score (nSPS) is 16.8. The Morgan fingerprint density at radius 3 is 1.68 bits per heavy atom. The first-order chi connectivity index (χ1) is 8.40. The molecule has 19 heavy (non-hydrogen) atoms. The molecule has 0 bridgehead atoms. The van der Waals surface area contributed by atoms with Crippen molar-refractivity contribution in [2.75, 3.05) is 0 Å². The third-order valence-electron chi connectivity index (χ3n) is 2.19. The molecule has 0 aliphatic heterocycles. The van der Waals surface area contributed by atoms with Crippen molar-refractivity contribution in [1.82, 2.24) is 0 Å². The minimum absolute atomic E-state index is 0.826. The molecule has 0 heterocycles. The Morgan fingerprint density at radius 2 is 1.37 bits per heavy atom. The van der Waals surface area contributed by atoms with E-state index in [4.69, 9.17) is 15.3 Å². The lowest BCUT2D eigenvalue weighted by molar-refractivity contribution is -0.193. The Labute approximate surface area is 107 Å². The molecule has 0 aliphatic carbocycles. The van der Waals surface area contributed by atoms with E-state index >= 15 is 0 Å². The number of carbonyl (C=O) groups is 4. The van der Waals surface area contributed by atoms with Gasteiger partial charge in [-0.3, -0.25) is 9.59 Å². The summed E-state index contributed by atoms with van der Waals surface area (Å²) >= 11 is 0. The molecule has 0 rings (SSSR count). The summed E-state index contributed by atoms with van der Waals surface area (Å²) in [4.78, 5) is 43.3. The van der Waals surface area contributed by atoms with E-state index in [1.807, 2.05) is 0 Å². The number of hydrogen-bond donors (Lipinski definition) is 4. The van der Waals surface area contributed by atoms with Gasteiger partial charge in [0.1, 0.15) is 0 Å². The van der Waals surface area contributed by atoms with Gasteiger partial charge < -0.3 is 25.2 Å². The van der Waals surface area contributed by atoms with Crippen molar-refractivity contribution >= 4 is 23.9 Å². The largest absolute Gasteiger partial charge is 0.481 e. The fourth-order valence-electron chi connectivity index (χ4n) is 1.13. The van der Waals surface area contributed by atoms with Crippen LogP contribution in [0.2, 0.25) is 0 Å². The molecule has 0 fully saturated rings. The molecule has 0 aromatic carbocycles. The van der Waals surface area contributed by atoms with E-state index in [2.05, 4.69) is 4.74 Å². The van der Waals surface area contributed by atoms with Gasteiger partial charge in [0.25, 0.3) is 0 Å². The zero-order chi connectivity index (χ0) is 15.4. The average molecular weight is 278 g/mol. The molecule has 0 aliphatic rings. The average Bonchev–Trinajstić information content (AvgIpc) is 2.13. The third-order valence-corrected chi connectivity index (χ3v) is 2.19. The van der Waals surface area contributed by atoms with Crippen molar-refractivity contribution in [2.45, 2.75) is 37.9 Å². The molecule has 0 unspecified atom stereocenters. The number of rotatable bonds is 7. The molecule has 0 saturated heterocycles. The summed E-state index contributed by atoms with van der Waals surface area (Å²) in [6.45, 7) is 1.66. The van der Waals surface area contributed by atoms with E-state index < -0.39 is 47.9 Å². The highest BCUT2D eigenvalue weighted by Gasteiger charge is 2.45. The van der Waals surface area contributed by atoms with Crippen LogP contribution in [0.25, 0.3) is 0 Å². The Bertz CT molecular complexity index is 411. The molecule has 0 aromatic heterocycles. The van der Waals surface area contributed by atoms with Crippen LogP contribution in [0.15, 0.2) is 0 Å². The lowest BCUT2D eigenvalue weighted by Crippen LogP contribution is -2.48. The van der Waals surface area contributed by atoms with E-state index in [1.165, 1.54) is 0 Å². The van der Waals surface area contributed by atoms with Crippen molar-refractivity contribution < 1.29 is 44.3 Å². The third kappa shape index (κ3) is 4.92. The topological polar surface area (TPSA) is 158 Å². The Morgan fingerprint density at radius 1 is 0.947 bits per heavy atom. The predicted molar refractivity (Wildman–Crippen MR) is 57.3 cm³/mol. The summed E-state index contributed by atoms with van der Waals surface area (Å²) in [6, 6.07) is 0. The van der Waals surface area contributed by atoms with Crippen LogP contribution in [0.1, 0.15) is 26.7 Å². The van der Waals surface area contributed by atoms with Crippen LogP contribution < -0.4 is 0 Å².